The van der Waals surface area contributed by atoms with Gasteiger partial charge in [0.1, 0.15) is 0 Å². The molecular weight excluding hydrogens is 170 g/mol. The molecule has 0 bridgehead atoms. The maximum absolute atomic E-state index is 6.35. The van der Waals surface area contributed by atoms with Crippen LogP contribution >= 0.6 is 0 Å². The quantitative estimate of drug-likeness (QED) is 0.586. The molecule has 0 fully saturated rings. The summed E-state index contributed by atoms with van der Waals surface area (Å²) in [4.78, 5) is 0. The third-order valence-corrected chi connectivity index (χ3v) is 2.84. The SMILES string of the molecule is C=CC(=C)C(N)(CCCC)CCCC. The first-order chi connectivity index (χ1) is 6.60. The second-order valence-corrected chi connectivity index (χ2v) is 4.09. The van der Waals surface area contributed by atoms with Crippen LogP contribution in [0.2, 0.25) is 0 Å². The van der Waals surface area contributed by atoms with Crippen molar-refractivity contribution in [1.29, 1.82) is 0 Å². The van der Waals surface area contributed by atoms with Crippen molar-refractivity contribution in [2.45, 2.75) is 57.9 Å². The van der Waals surface area contributed by atoms with Crippen LogP contribution in [0.3, 0.4) is 0 Å². The maximum atomic E-state index is 6.35. The minimum absolute atomic E-state index is 0.201. The first-order valence-corrected chi connectivity index (χ1v) is 5.71. The lowest BCUT2D eigenvalue weighted by Gasteiger charge is -2.30. The van der Waals surface area contributed by atoms with Gasteiger partial charge in [0, 0.05) is 5.54 Å². The van der Waals surface area contributed by atoms with Crippen LogP contribution < -0.4 is 5.73 Å². The molecule has 14 heavy (non-hydrogen) atoms. The molecular formula is C13H25N. The van der Waals surface area contributed by atoms with E-state index < -0.39 is 0 Å². The van der Waals surface area contributed by atoms with Gasteiger partial charge in [-0.2, -0.15) is 0 Å². The summed E-state index contributed by atoms with van der Waals surface area (Å²) in [6, 6.07) is 0. The summed E-state index contributed by atoms with van der Waals surface area (Å²) in [5.41, 5.74) is 7.15. The lowest BCUT2D eigenvalue weighted by molar-refractivity contribution is 0.406. The standard InChI is InChI=1S/C13H25N/c1-5-8-10-13(14,11-9-6-2)12(4)7-3/h7H,3-6,8-11,14H2,1-2H3. The van der Waals surface area contributed by atoms with Crippen LogP contribution in [0, 0.1) is 0 Å². The van der Waals surface area contributed by atoms with Gasteiger partial charge in [0.15, 0.2) is 0 Å². The minimum Gasteiger partial charge on any atom is -0.321 e. The van der Waals surface area contributed by atoms with Crippen molar-refractivity contribution < 1.29 is 0 Å². The van der Waals surface area contributed by atoms with Crippen LogP contribution in [0.5, 0.6) is 0 Å². The van der Waals surface area contributed by atoms with Gasteiger partial charge < -0.3 is 5.73 Å². The summed E-state index contributed by atoms with van der Waals surface area (Å²) in [5, 5.41) is 0. The molecule has 0 rings (SSSR count). The Balaban J connectivity index is 4.31. The molecule has 0 aliphatic carbocycles. The van der Waals surface area contributed by atoms with E-state index in [1.807, 2.05) is 6.08 Å². The molecule has 0 aromatic carbocycles. The highest BCUT2D eigenvalue weighted by atomic mass is 14.7. The summed E-state index contributed by atoms with van der Waals surface area (Å²) >= 11 is 0. The number of hydrogen-bond donors (Lipinski definition) is 1. The Bertz CT molecular complexity index is 174. The Morgan fingerprint density at radius 1 is 1.21 bits per heavy atom. The summed E-state index contributed by atoms with van der Waals surface area (Å²) in [7, 11) is 0. The zero-order valence-corrected chi connectivity index (χ0v) is 9.81. The van der Waals surface area contributed by atoms with E-state index in [4.69, 9.17) is 5.73 Å². The Kier molecular flexibility index (Phi) is 6.56. The molecule has 0 unspecified atom stereocenters. The highest BCUT2D eigenvalue weighted by Crippen LogP contribution is 2.26. The van der Waals surface area contributed by atoms with Gasteiger partial charge in [-0.3, -0.25) is 0 Å². The molecule has 0 atom stereocenters. The highest BCUT2D eigenvalue weighted by molar-refractivity contribution is 5.25. The maximum Gasteiger partial charge on any atom is 0.0403 e. The van der Waals surface area contributed by atoms with E-state index >= 15 is 0 Å². The van der Waals surface area contributed by atoms with Crippen LogP contribution in [0.4, 0.5) is 0 Å². The zero-order valence-electron chi connectivity index (χ0n) is 9.81. The predicted octanol–water partition coefficient (Wildman–Crippen LogP) is 3.81. The molecule has 0 heterocycles. The van der Waals surface area contributed by atoms with Gasteiger partial charge in [-0.1, -0.05) is 58.8 Å². The monoisotopic (exact) mass is 195 g/mol. The average molecular weight is 195 g/mol. The normalized spacial score (nSPS) is 11.4. The molecule has 1 heteroatoms. The largest absolute Gasteiger partial charge is 0.321 e. The van der Waals surface area contributed by atoms with Crippen LogP contribution in [-0.2, 0) is 0 Å². The van der Waals surface area contributed by atoms with Gasteiger partial charge in [-0.25, -0.2) is 0 Å². The van der Waals surface area contributed by atoms with Crippen molar-refractivity contribution in [3.8, 4) is 0 Å². The number of hydrogen-bond acceptors (Lipinski definition) is 1. The van der Waals surface area contributed by atoms with Gasteiger partial charge in [-0.05, 0) is 18.4 Å². The Morgan fingerprint density at radius 3 is 1.93 bits per heavy atom. The fourth-order valence-electron chi connectivity index (χ4n) is 1.63. The molecule has 1 nitrogen and oxygen atoms in total. The second-order valence-electron chi connectivity index (χ2n) is 4.09. The molecule has 0 aliphatic rings. The Hall–Kier alpha value is -0.560. The number of unbranched alkanes of at least 4 members (excludes halogenated alkanes) is 2. The molecule has 0 aliphatic heterocycles. The van der Waals surface area contributed by atoms with Gasteiger partial charge in [0.2, 0.25) is 0 Å². The summed E-state index contributed by atoms with van der Waals surface area (Å²) in [5.74, 6) is 0. The predicted molar refractivity (Wildman–Crippen MR) is 65.3 cm³/mol. The van der Waals surface area contributed by atoms with Crippen molar-refractivity contribution >= 4 is 0 Å². The molecule has 82 valence electrons. The van der Waals surface area contributed by atoms with Crippen LogP contribution in [0.25, 0.3) is 0 Å². The third-order valence-electron chi connectivity index (χ3n) is 2.84. The molecule has 0 aromatic heterocycles. The first kappa shape index (κ1) is 13.4. The van der Waals surface area contributed by atoms with Crippen molar-refractivity contribution in [3.63, 3.8) is 0 Å². The van der Waals surface area contributed by atoms with Gasteiger partial charge in [-0.15, -0.1) is 0 Å². The molecule has 0 aromatic rings. The van der Waals surface area contributed by atoms with Crippen molar-refractivity contribution in [1.82, 2.24) is 0 Å². The van der Waals surface area contributed by atoms with Crippen LogP contribution in [0.1, 0.15) is 52.4 Å². The van der Waals surface area contributed by atoms with E-state index in [2.05, 4.69) is 27.0 Å². The second kappa shape index (κ2) is 6.83. The number of nitrogens with two attached hydrogens (primary N) is 1. The summed E-state index contributed by atoms with van der Waals surface area (Å²) < 4.78 is 0. The zero-order chi connectivity index (χ0) is 11.0. The van der Waals surface area contributed by atoms with E-state index in [0.29, 0.717) is 0 Å². The fraction of sp³-hybridized carbons (Fsp3) is 0.692. The van der Waals surface area contributed by atoms with E-state index in [9.17, 15) is 0 Å². The van der Waals surface area contributed by atoms with Crippen LogP contribution in [-0.4, -0.2) is 5.54 Å². The average Bonchev–Trinajstić information content (AvgIpc) is 2.22. The van der Waals surface area contributed by atoms with Crippen molar-refractivity contribution in [3.05, 3.63) is 24.8 Å². The van der Waals surface area contributed by atoms with Crippen LogP contribution in [0.15, 0.2) is 24.8 Å². The van der Waals surface area contributed by atoms with Gasteiger partial charge in [0.05, 0.1) is 0 Å². The minimum atomic E-state index is -0.201. The summed E-state index contributed by atoms with van der Waals surface area (Å²) in [6.45, 7) is 12.2. The van der Waals surface area contributed by atoms with Gasteiger partial charge in [0.25, 0.3) is 0 Å². The summed E-state index contributed by atoms with van der Waals surface area (Å²) in [6.07, 6.45) is 8.61. The highest BCUT2D eigenvalue weighted by Gasteiger charge is 2.25. The molecule has 2 N–H and O–H groups in total. The topological polar surface area (TPSA) is 26.0 Å². The Labute approximate surface area is 89.1 Å². The third kappa shape index (κ3) is 4.10. The molecule has 0 saturated carbocycles. The molecule has 0 amide bonds. The van der Waals surface area contributed by atoms with E-state index in [0.717, 1.165) is 18.4 Å². The van der Waals surface area contributed by atoms with E-state index in [-0.39, 0.29) is 5.54 Å². The smallest absolute Gasteiger partial charge is 0.0403 e. The molecule has 0 radical (unpaired) electrons. The lowest BCUT2D eigenvalue weighted by Crippen LogP contribution is -2.40. The van der Waals surface area contributed by atoms with E-state index in [1.54, 1.807) is 0 Å². The van der Waals surface area contributed by atoms with E-state index in [1.165, 1.54) is 25.7 Å². The Morgan fingerprint density at radius 2 is 1.64 bits per heavy atom. The first-order valence-electron chi connectivity index (χ1n) is 5.71. The van der Waals surface area contributed by atoms with Crippen molar-refractivity contribution in [2.75, 3.05) is 0 Å². The fourth-order valence-corrected chi connectivity index (χ4v) is 1.63. The molecule has 0 spiro atoms. The molecule has 0 saturated heterocycles. The lowest BCUT2D eigenvalue weighted by atomic mass is 9.82. The number of rotatable bonds is 8. The van der Waals surface area contributed by atoms with Gasteiger partial charge >= 0.3 is 0 Å². The van der Waals surface area contributed by atoms with Crippen molar-refractivity contribution in [2.24, 2.45) is 5.73 Å².